The number of benzene rings is 4. The Labute approximate surface area is 277 Å². The SMILES string of the molecule is CCNC(=O)[C@H](Cc1ccccc1)N(Cc1ccc(Cl)c(Cl)c1)C(=O)CN(c1cc(Cl)ccc1Cl)S(=O)(=O)c1ccccc1. The Morgan fingerprint density at radius 1 is 0.773 bits per heavy atom. The van der Waals surface area contributed by atoms with Crippen LogP contribution in [0.4, 0.5) is 5.69 Å². The Bertz CT molecular complexity index is 1720. The molecule has 0 bridgehead atoms. The highest BCUT2D eigenvalue weighted by atomic mass is 35.5. The third-order valence-corrected chi connectivity index (χ3v) is 9.81. The largest absolute Gasteiger partial charge is 0.355 e. The van der Waals surface area contributed by atoms with Gasteiger partial charge in [0, 0.05) is 24.5 Å². The van der Waals surface area contributed by atoms with Gasteiger partial charge >= 0.3 is 0 Å². The van der Waals surface area contributed by atoms with Crippen molar-refractivity contribution >= 4 is 73.9 Å². The zero-order valence-corrected chi connectivity index (χ0v) is 27.4. The normalized spacial score (nSPS) is 11.9. The van der Waals surface area contributed by atoms with Crippen LogP contribution in [0.15, 0.2) is 102 Å². The molecule has 4 rings (SSSR count). The molecule has 44 heavy (non-hydrogen) atoms. The lowest BCUT2D eigenvalue weighted by atomic mass is 10.0. The number of halogens is 4. The minimum absolute atomic E-state index is 0.0171. The Morgan fingerprint density at radius 3 is 2.05 bits per heavy atom. The molecule has 1 atom stereocenters. The highest BCUT2D eigenvalue weighted by Crippen LogP contribution is 2.33. The molecule has 4 aromatic rings. The Hall–Kier alpha value is -3.27. The topological polar surface area (TPSA) is 86.8 Å². The number of nitrogens with one attached hydrogen (secondary N) is 1. The van der Waals surface area contributed by atoms with E-state index in [1.807, 2.05) is 30.3 Å². The fourth-order valence-electron chi connectivity index (χ4n) is 4.59. The molecule has 0 heterocycles. The average Bonchev–Trinajstić information content (AvgIpc) is 3.01. The number of hydrogen-bond acceptors (Lipinski definition) is 4. The number of likely N-dealkylation sites (N-methyl/N-ethyl adjacent to an activating group) is 1. The Morgan fingerprint density at radius 2 is 1.41 bits per heavy atom. The second kappa shape index (κ2) is 15.1. The minimum atomic E-state index is -4.32. The summed E-state index contributed by atoms with van der Waals surface area (Å²) >= 11 is 25.2. The summed E-state index contributed by atoms with van der Waals surface area (Å²) in [5.41, 5.74) is 1.42. The molecule has 0 spiro atoms. The summed E-state index contributed by atoms with van der Waals surface area (Å²) < 4.78 is 29.0. The van der Waals surface area contributed by atoms with Crippen LogP contribution in [0.2, 0.25) is 20.1 Å². The minimum Gasteiger partial charge on any atom is -0.355 e. The maximum Gasteiger partial charge on any atom is 0.264 e. The molecule has 1 N–H and O–H groups in total. The molecule has 12 heteroatoms. The molecule has 0 radical (unpaired) electrons. The third kappa shape index (κ3) is 8.25. The standard InChI is InChI=1S/C32H29Cl4N3O4S/c1-2-37-32(41)30(18-22-9-5-3-6-10-22)38(20-23-13-15-26(34)28(36)17-23)31(40)21-39(29-19-24(33)14-16-27(29)35)44(42,43)25-11-7-4-8-12-25/h3-17,19,30H,2,18,20-21H2,1H3,(H,37,41)/t30-/m0/s1. The lowest BCUT2D eigenvalue weighted by molar-refractivity contribution is -0.140. The van der Waals surface area contributed by atoms with E-state index in [9.17, 15) is 18.0 Å². The number of rotatable bonds is 12. The maximum atomic E-state index is 14.4. The van der Waals surface area contributed by atoms with E-state index in [-0.39, 0.29) is 38.6 Å². The van der Waals surface area contributed by atoms with Gasteiger partial charge in [-0.1, -0.05) is 101 Å². The van der Waals surface area contributed by atoms with Crippen molar-refractivity contribution in [2.75, 3.05) is 17.4 Å². The summed E-state index contributed by atoms with van der Waals surface area (Å²) in [6.07, 6.45) is 0.170. The van der Waals surface area contributed by atoms with Crippen LogP contribution in [0.1, 0.15) is 18.1 Å². The van der Waals surface area contributed by atoms with E-state index in [1.165, 1.54) is 35.2 Å². The van der Waals surface area contributed by atoms with Gasteiger partial charge in [-0.05, 0) is 60.5 Å². The van der Waals surface area contributed by atoms with Crippen molar-refractivity contribution in [2.24, 2.45) is 0 Å². The molecule has 0 aliphatic rings. The lowest BCUT2D eigenvalue weighted by Crippen LogP contribution is -2.53. The summed E-state index contributed by atoms with van der Waals surface area (Å²) in [5, 5.41) is 3.71. The van der Waals surface area contributed by atoms with Crippen LogP contribution in [0, 0.1) is 0 Å². The molecule has 0 saturated heterocycles. The Balaban J connectivity index is 1.83. The molecule has 230 valence electrons. The first kappa shape index (κ1) is 33.6. The van der Waals surface area contributed by atoms with Crippen LogP contribution in [-0.2, 0) is 32.6 Å². The molecule has 0 fully saturated rings. The number of carbonyl (C=O) groups excluding carboxylic acids is 2. The van der Waals surface area contributed by atoms with Gasteiger partial charge in [-0.25, -0.2) is 8.42 Å². The number of carbonyl (C=O) groups is 2. The second-order valence-corrected chi connectivity index (χ2v) is 13.3. The van der Waals surface area contributed by atoms with E-state index in [0.29, 0.717) is 17.1 Å². The second-order valence-electron chi connectivity index (χ2n) is 9.79. The van der Waals surface area contributed by atoms with Crippen LogP contribution in [0.3, 0.4) is 0 Å². The first-order valence-corrected chi connectivity index (χ1v) is 16.5. The van der Waals surface area contributed by atoms with Crippen molar-refractivity contribution in [3.63, 3.8) is 0 Å². The lowest BCUT2D eigenvalue weighted by Gasteiger charge is -2.34. The van der Waals surface area contributed by atoms with E-state index in [4.69, 9.17) is 46.4 Å². The zero-order chi connectivity index (χ0) is 31.9. The van der Waals surface area contributed by atoms with Crippen LogP contribution in [-0.4, -0.2) is 44.3 Å². The van der Waals surface area contributed by atoms with Crippen molar-refractivity contribution in [1.29, 1.82) is 0 Å². The summed E-state index contributed by atoms with van der Waals surface area (Å²) in [6.45, 7) is 1.36. The van der Waals surface area contributed by atoms with Crippen LogP contribution in [0.25, 0.3) is 0 Å². The average molecular weight is 693 g/mol. The van der Waals surface area contributed by atoms with E-state index in [2.05, 4.69) is 5.32 Å². The van der Waals surface area contributed by atoms with Crippen molar-refractivity contribution in [2.45, 2.75) is 30.8 Å². The van der Waals surface area contributed by atoms with Gasteiger partial charge in [0.05, 0.1) is 25.7 Å². The summed E-state index contributed by atoms with van der Waals surface area (Å²) in [5.74, 6) is -1.05. The molecule has 7 nitrogen and oxygen atoms in total. The van der Waals surface area contributed by atoms with E-state index < -0.39 is 34.4 Å². The third-order valence-electron chi connectivity index (χ3n) is 6.75. The molecule has 4 aromatic carbocycles. The van der Waals surface area contributed by atoms with E-state index >= 15 is 0 Å². The van der Waals surface area contributed by atoms with Crippen LogP contribution >= 0.6 is 46.4 Å². The van der Waals surface area contributed by atoms with Crippen LogP contribution in [0.5, 0.6) is 0 Å². The first-order chi connectivity index (χ1) is 21.0. The smallest absolute Gasteiger partial charge is 0.264 e. The molecule has 0 unspecified atom stereocenters. The van der Waals surface area contributed by atoms with Crippen LogP contribution < -0.4 is 9.62 Å². The van der Waals surface area contributed by atoms with Gasteiger partial charge < -0.3 is 10.2 Å². The fourth-order valence-corrected chi connectivity index (χ4v) is 6.79. The summed E-state index contributed by atoms with van der Waals surface area (Å²) in [4.78, 5) is 29.3. The molecular weight excluding hydrogens is 664 g/mol. The van der Waals surface area contributed by atoms with Gasteiger partial charge in [0.25, 0.3) is 10.0 Å². The number of hydrogen-bond donors (Lipinski definition) is 1. The summed E-state index contributed by atoms with van der Waals surface area (Å²) in [7, 11) is -4.32. The fraction of sp³-hybridized carbons (Fsp3) is 0.188. The molecule has 0 aromatic heterocycles. The van der Waals surface area contributed by atoms with E-state index in [1.54, 1.807) is 43.3 Å². The van der Waals surface area contributed by atoms with Crippen molar-refractivity contribution in [3.8, 4) is 0 Å². The molecule has 0 aliphatic heterocycles. The van der Waals surface area contributed by atoms with Gasteiger partial charge in [0.2, 0.25) is 11.8 Å². The zero-order valence-electron chi connectivity index (χ0n) is 23.6. The van der Waals surface area contributed by atoms with Gasteiger partial charge in [-0.15, -0.1) is 0 Å². The number of anilines is 1. The number of nitrogens with zero attached hydrogens (tertiary/aromatic N) is 2. The number of amides is 2. The quantitative estimate of drug-likeness (QED) is 0.169. The molecule has 2 amide bonds. The highest BCUT2D eigenvalue weighted by molar-refractivity contribution is 7.92. The van der Waals surface area contributed by atoms with Gasteiger partial charge in [-0.3, -0.25) is 13.9 Å². The molecular formula is C32H29Cl4N3O4S. The van der Waals surface area contributed by atoms with Crippen molar-refractivity contribution in [1.82, 2.24) is 10.2 Å². The molecule has 0 aliphatic carbocycles. The van der Waals surface area contributed by atoms with Gasteiger partial charge in [-0.2, -0.15) is 0 Å². The number of sulfonamides is 1. The predicted octanol–water partition coefficient (Wildman–Crippen LogP) is 7.27. The van der Waals surface area contributed by atoms with E-state index in [0.717, 1.165) is 9.87 Å². The molecule has 0 saturated carbocycles. The Kier molecular flexibility index (Phi) is 11.6. The van der Waals surface area contributed by atoms with Crippen molar-refractivity contribution < 1.29 is 18.0 Å². The summed E-state index contributed by atoms with van der Waals surface area (Å²) in [6, 6.07) is 25.2. The van der Waals surface area contributed by atoms with Gasteiger partial charge in [0.1, 0.15) is 12.6 Å². The van der Waals surface area contributed by atoms with Gasteiger partial charge in [0.15, 0.2) is 0 Å². The highest BCUT2D eigenvalue weighted by Gasteiger charge is 2.35. The maximum absolute atomic E-state index is 14.4. The predicted molar refractivity (Wildman–Crippen MR) is 177 cm³/mol. The first-order valence-electron chi connectivity index (χ1n) is 13.6. The monoisotopic (exact) mass is 691 g/mol. The van der Waals surface area contributed by atoms with Crippen molar-refractivity contribution in [3.05, 3.63) is 128 Å².